The predicted octanol–water partition coefficient (Wildman–Crippen LogP) is 2.66. The Balaban J connectivity index is 2.64. The number of ether oxygens (including phenoxy) is 2. The Hall–Kier alpha value is -1.36. The van der Waals surface area contributed by atoms with Crippen molar-refractivity contribution in [2.75, 3.05) is 32.2 Å². The molecular formula is C14H25N3O2. The summed E-state index contributed by atoms with van der Waals surface area (Å²) in [5.74, 6) is 1.48. The molecule has 1 aromatic rings. The fourth-order valence-corrected chi connectivity index (χ4v) is 1.68. The Kier molecular flexibility index (Phi) is 6.02. The van der Waals surface area contributed by atoms with Crippen molar-refractivity contribution in [1.29, 1.82) is 0 Å². The van der Waals surface area contributed by atoms with Crippen LogP contribution in [0.25, 0.3) is 0 Å². The standard InChI is InChI=1S/C14H25N3O2/c1-6-19-13-11(2)12(16-10-17-13)15-9-14(3,4)7-8-18-5/h10H,6-9H2,1-5H3,(H,15,16,17). The third-order valence-electron chi connectivity index (χ3n) is 3.04. The molecule has 5 nitrogen and oxygen atoms in total. The van der Waals surface area contributed by atoms with E-state index in [1.54, 1.807) is 7.11 Å². The van der Waals surface area contributed by atoms with Gasteiger partial charge in [-0.25, -0.2) is 9.97 Å². The average molecular weight is 267 g/mol. The summed E-state index contributed by atoms with van der Waals surface area (Å²) in [4.78, 5) is 8.40. The molecule has 1 aromatic heterocycles. The summed E-state index contributed by atoms with van der Waals surface area (Å²) in [6.45, 7) is 10.5. The summed E-state index contributed by atoms with van der Waals surface area (Å²) in [7, 11) is 1.73. The van der Waals surface area contributed by atoms with Gasteiger partial charge in [-0.05, 0) is 25.7 Å². The van der Waals surface area contributed by atoms with E-state index < -0.39 is 0 Å². The van der Waals surface area contributed by atoms with Crippen molar-refractivity contribution in [3.8, 4) is 5.88 Å². The molecule has 0 aliphatic rings. The smallest absolute Gasteiger partial charge is 0.221 e. The lowest BCUT2D eigenvalue weighted by atomic mass is 9.90. The van der Waals surface area contributed by atoms with E-state index in [1.807, 2.05) is 13.8 Å². The van der Waals surface area contributed by atoms with Crippen LogP contribution in [-0.2, 0) is 4.74 Å². The second-order valence-electron chi connectivity index (χ2n) is 5.35. The van der Waals surface area contributed by atoms with Crippen LogP contribution in [0.3, 0.4) is 0 Å². The summed E-state index contributed by atoms with van der Waals surface area (Å²) >= 11 is 0. The summed E-state index contributed by atoms with van der Waals surface area (Å²) in [6.07, 6.45) is 2.53. The Morgan fingerprint density at radius 2 is 2.05 bits per heavy atom. The fraction of sp³-hybridized carbons (Fsp3) is 0.714. The number of nitrogens with zero attached hydrogens (tertiary/aromatic N) is 2. The third-order valence-corrected chi connectivity index (χ3v) is 3.04. The van der Waals surface area contributed by atoms with Crippen LogP contribution in [-0.4, -0.2) is 36.8 Å². The van der Waals surface area contributed by atoms with Gasteiger partial charge in [0.05, 0.1) is 12.2 Å². The van der Waals surface area contributed by atoms with Gasteiger partial charge in [0.25, 0.3) is 0 Å². The summed E-state index contributed by atoms with van der Waals surface area (Å²) in [5.41, 5.74) is 1.10. The first-order valence-electron chi connectivity index (χ1n) is 6.67. The molecule has 0 bridgehead atoms. The number of rotatable bonds is 8. The molecule has 0 radical (unpaired) electrons. The molecule has 0 aliphatic carbocycles. The first-order valence-corrected chi connectivity index (χ1v) is 6.67. The molecular weight excluding hydrogens is 242 g/mol. The summed E-state index contributed by atoms with van der Waals surface area (Å²) in [5, 5.41) is 3.37. The highest BCUT2D eigenvalue weighted by Crippen LogP contribution is 2.24. The minimum Gasteiger partial charge on any atom is -0.478 e. The topological polar surface area (TPSA) is 56.3 Å². The molecule has 0 fully saturated rings. The highest BCUT2D eigenvalue weighted by molar-refractivity contribution is 5.47. The monoisotopic (exact) mass is 267 g/mol. The molecule has 1 rings (SSSR count). The van der Waals surface area contributed by atoms with E-state index in [9.17, 15) is 0 Å². The van der Waals surface area contributed by atoms with E-state index >= 15 is 0 Å². The first-order chi connectivity index (χ1) is 9.00. The molecule has 1 N–H and O–H groups in total. The zero-order valence-corrected chi connectivity index (χ0v) is 12.6. The maximum Gasteiger partial charge on any atom is 0.221 e. The first kappa shape index (κ1) is 15.7. The molecule has 108 valence electrons. The van der Waals surface area contributed by atoms with Crippen LogP contribution >= 0.6 is 0 Å². The molecule has 0 saturated heterocycles. The number of hydrogen-bond donors (Lipinski definition) is 1. The normalized spacial score (nSPS) is 11.4. The van der Waals surface area contributed by atoms with Gasteiger partial charge < -0.3 is 14.8 Å². The van der Waals surface area contributed by atoms with Gasteiger partial charge in [0.2, 0.25) is 5.88 Å². The van der Waals surface area contributed by atoms with Gasteiger partial charge in [-0.1, -0.05) is 13.8 Å². The lowest BCUT2D eigenvalue weighted by molar-refractivity contribution is 0.157. The highest BCUT2D eigenvalue weighted by atomic mass is 16.5. The number of nitrogens with one attached hydrogen (secondary N) is 1. The van der Waals surface area contributed by atoms with Gasteiger partial charge in [-0.15, -0.1) is 0 Å². The van der Waals surface area contributed by atoms with E-state index in [2.05, 4.69) is 29.1 Å². The second kappa shape index (κ2) is 7.28. The number of anilines is 1. The molecule has 0 amide bonds. The number of methoxy groups -OCH3 is 1. The van der Waals surface area contributed by atoms with Crippen LogP contribution in [0.15, 0.2) is 6.33 Å². The molecule has 5 heteroatoms. The van der Waals surface area contributed by atoms with Crippen molar-refractivity contribution in [2.45, 2.75) is 34.1 Å². The van der Waals surface area contributed by atoms with Crippen LogP contribution in [0.2, 0.25) is 0 Å². The van der Waals surface area contributed by atoms with Crippen LogP contribution < -0.4 is 10.1 Å². The van der Waals surface area contributed by atoms with Crippen LogP contribution in [0.5, 0.6) is 5.88 Å². The lowest BCUT2D eigenvalue weighted by Crippen LogP contribution is -2.25. The lowest BCUT2D eigenvalue weighted by Gasteiger charge is -2.25. The Bertz CT molecular complexity index is 394. The van der Waals surface area contributed by atoms with Gasteiger partial charge in [0, 0.05) is 20.3 Å². The number of aromatic nitrogens is 2. The van der Waals surface area contributed by atoms with E-state index in [0.717, 1.165) is 31.0 Å². The van der Waals surface area contributed by atoms with Crippen LogP contribution in [0.1, 0.15) is 32.8 Å². The van der Waals surface area contributed by atoms with Gasteiger partial charge in [0.1, 0.15) is 12.1 Å². The second-order valence-corrected chi connectivity index (χ2v) is 5.35. The van der Waals surface area contributed by atoms with Crippen molar-refractivity contribution < 1.29 is 9.47 Å². The fourth-order valence-electron chi connectivity index (χ4n) is 1.68. The Morgan fingerprint density at radius 3 is 2.68 bits per heavy atom. The molecule has 0 aromatic carbocycles. The van der Waals surface area contributed by atoms with E-state index in [1.165, 1.54) is 6.33 Å². The zero-order valence-electron chi connectivity index (χ0n) is 12.6. The van der Waals surface area contributed by atoms with Crippen molar-refractivity contribution >= 4 is 5.82 Å². The predicted molar refractivity (Wildman–Crippen MR) is 76.7 cm³/mol. The maximum absolute atomic E-state index is 5.46. The van der Waals surface area contributed by atoms with E-state index in [0.29, 0.717) is 12.5 Å². The molecule has 0 spiro atoms. The van der Waals surface area contributed by atoms with Crippen molar-refractivity contribution in [3.05, 3.63) is 11.9 Å². The third kappa shape index (κ3) is 5.03. The molecule has 0 aliphatic heterocycles. The van der Waals surface area contributed by atoms with Gasteiger partial charge in [-0.3, -0.25) is 0 Å². The molecule has 19 heavy (non-hydrogen) atoms. The van der Waals surface area contributed by atoms with Gasteiger partial charge in [-0.2, -0.15) is 0 Å². The van der Waals surface area contributed by atoms with E-state index in [-0.39, 0.29) is 5.41 Å². The minimum atomic E-state index is 0.152. The van der Waals surface area contributed by atoms with Crippen LogP contribution in [0, 0.1) is 12.3 Å². The maximum atomic E-state index is 5.46. The molecule has 0 saturated carbocycles. The largest absolute Gasteiger partial charge is 0.478 e. The van der Waals surface area contributed by atoms with Gasteiger partial charge in [0.15, 0.2) is 0 Å². The zero-order chi connectivity index (χ0) is 14.3. The Morgan fingerprint density at radius 1 is 1.32 bits per heavy atom. The quantitative estimate of drug-likeness (QED) is 0.784. The summed E-state index contributed by atoms with van der Waals surface area (Å²) < 4.78 is 10.6. The van der Waals surface area contributed by atoms with Crippen molar-refractivity contribution in [2.24, 2.45) is 5.41 Å². The van der Waals surface area contributed by atoms with Crippen molar-refractivity contribution in [1.82, 2.24) is 9.97 Å². The SMILES string of the molecule is CCOc1ncnc(NCC(C)(C)CCOC)c1C. The summed E-state index contributed by atoms with van der Waals surface area (Å²) in [6, 6.07) is 0. The minimum absolute atomic E-state index is 0.152. The average Bonchev–Trinajstić information content (AvgIpc) is 2.38. The molecule has 0 atom stereocenters. The molecule has 1 heterocycles. The van der Waals surface area contributed by atoms with Crippen LogP contribution in [0.4, 0.5) is 5.82 Å². The molecule has 0 unspecified atom stereocenters. The number of hydrogen-bond acceptors (Lipinski definition) is 5. The van der Waals surface area contributed by atoms with E-state index in [4.69, 9.17) is 9.47 Å². The van der Waals surface area contributed by atoms with Crippen molar-refractivity contribution in [3.63, 3.8) is 0 Å². The highest BCUT2D eigenvalue weighted by Gasteiger charge is 2.18. The van der Waals surface area contributed by atoms with Gasteiger partial charge >= 0.3 is 0 Å². The Labute approximate surface area is 115 Å².